The van der Waals surface area contributed by atoms with E-state index < -0.39 is 6.03 Å². The van der Waals surface area contributed by atoms with Crippen LogP contribution < -0.4 is 10.6 Å². The number of urea groups is 1. The molecule has 0 unspecified atom stereocenters. The molecule has 2 amide bonds. The van der Waals surface area contributed by atoms with Crippen molar-refractivity contribution in [1.29, 1.82) is 0 Å². The second-order valence-electron chi connectivity index (χ2n) is 5.02. The van der Waals surface area contributed by atoms with Crippen LogP contribution >= 0.6 is 0 Å². The molecule has 3 N–H and O–H groups in total. The summed E-state index contributed by atoms with van der Waals surface area (Å²) in [6.07, 6.45) is 0. The van der Waals surface area contributed by atoms with Crippen LogP contribution in [0.1, 0.15) is 5.69 Å². The molecule has 1 heterocycles. The van der Waals surface area contributed by atoms with Crippen molar-refractivity contribution in [3.05, 3.63) is 66.1 Å². The number of halogens is 1. The standard InChI is InChI=1S/C17H15FN4O/c1-11-15(16(22-21-11)12-5-3-2-4-6-12)20-17(23)19-14-9-7-13(18)8-10-14/h2-10H,1H3,(H,21,22)(H2,19,20,23). The number of anilines is 2. The number of aromatic nitrogens is 2. The van der Waals surface area contributed by atoms with Crippen molar-refractivity contribution >= 4 is 17.4 Å². The predicted molar refractivity (Wildman–Crippen MR) is 87.8 cm³/mol. The van der Waals surface area contributed by atoms with Gasteiger partial charge in [0.25, 0.3) is 0 Å². The molecule has 5 nitrogen and oxygen atoms in total. The molecule has 0 atom stereocenters. The molecule has 2 aromatic carbocycles. The van der Waals surface area contributed by atoms with Crippen LogP contribution in [0.15, 0.2) is 54.6 Å². The van der Waals surface area contributed by atoms with E-state index in [1.165, 1.54) is 24.3 Å². The summed E-state index contributed by atoms with van der Waals surface area (Å²) >= 11 is 0. The van der Waals surface area contributed by atoms with Gasteiger partial charge in [-0.1, -0.05) is 30.3 Å². The van der Waals surface area contributed by atoms with Gasteiger partial charge in [0.2, 0.25) is 0 Å². The lowest BCUT2D eigenvalue weighted by Gasteiger charge is -2.09. The highest BCUT2D eigenvalue weighted by Crippen LogP contribution is 2.28. The van der Waals surface area contributed by atoms with Crippen molar-refractivity contribution in [1.82, 2.24) is 10.2 Å². The molecule has 0 aliphatic rings. The van der Waals surface area contributed by atoms with E-state index in [1.807, 2.05) is 37.3 Å². The maximum absolute atomic E-state index is 12.9. The van der Waals surface area contributed by atoms with Gasteiger partial charge in [-0.25, -0.2) is 9.18 Å². The lowest BCUT2D eigenvalue weighted by molar-refractivity contribution is 0.262. The second kappa shape index (κ2) is 6.31. The zero-order valence-electron chi connectivity index (χ0n) is 12.4. The summed E-state index contributed by atoms with van der Waals surface area (Å²) in [5, 5.41) is 12.5. The number of nitrogens with one attached hydrogen (secondary N) is 3. The van der Waals surface area contributed by atoms with Gasteiger partial charge >= 0.3 is 6.03 Å². The molecule has 0 radical (unpaired) electrons. The van der Waals surface area contributed by atoms with Crippen molar-refractivity contribution in [2.75, 3.05) is 10.6 Å². The molecule has 6 heteroatoms. The molecule has 1 aromatic heterocycles. The first-order valence-corrected chi connectivity index (χ1v) is 7.07. The van der Waals surface area contributed by atoms with Crippen molar-refractivity contribution in [2.24, 2.45) is 0 Å². The normalized spacial score (nSPS) is 10.3. The Labute approximate surface area is 132 Å². The van der Waals surface area contributed by atoms with Crippen LogP contribution in [0.4, 0.5) is 20.6 Å². The Kier molecular flexibility index (Phi) is 4.05. The summed E-state index contributed by atoms with van der Waals surface area (Å²) in [6.45, 7) is 1.83. The predicted octanol–water partition coefficient (Wildman–Crippen LogP) is 4.17. The van der Waals surface area contributed by atoms with Crippen LogP contribution in [0, 0.1) is 12.7 Å². The van der Waals surface area contributed by atoms with Crippen molar-refractivity contribution in [3.8, 4) is 11.3 Å². The van der Waals surface area contributed by atoms with Gasteiger partial charge in [-0.15, -0.1) is 0 Å². The van der Waals surface area contributed by atoms with Gasteiger partial charge in [-0.2, -0.15) is 5.10 Å². The molecule has 0 saturated carbocycles. The van der Waals surface area contributed by atoms with Crippen LogP contribution in [-0.2, 0) is 0 Å². The fourth-order valence-corrected chi connectivity index (χ4v) is 2.20. The van der Waals surface area contributed by atoms with Crippen LogP contribution in [-0.4, -0.2) is 16.2 Å². The molecule has 0 aliphatic carbocycles. The van der Waals surface area contributed by atoms with E-state index in [1.54, 1.807) is 0 Å². The summed E-state index contributed by atoms with van der Waals surface area (Å²) in [7, 11) is 0. The minimum absolute atomic E-state index is 0.354. The van der Waals surface area contributed by atoms with Gasteiger partial charge in [0.1, 0.15) is 11.5 Å². The van der Waals surface area contributed by atoms with Gasteiger partial charge < -0.3 is 10.6 Å². The molecule has 3 rings (SSSR count). The van der Waals surface area contributed by atoms with E-state index in [4.69, 9.17) is 0 Å². The maximum atomic E-state index is 12.9. The van der Waals surface area contributed by atoms with Crippen LogP contribution in [0.2, 0.25) is 0 Å². The third-order valence-corrected chi connectivity index (χ3v) is 3.34. The number of carbonyl (C=O) groups excluding carboxylic acids is 1. The molecule has 0 bridgehead atoms. The smallest absolute Gasteiger partial charge is 0.308 e. The minimum atomic E-state index is -0.418. The first-order chi connectivity index (χ1) is 11.1. The first-order valence-electron chi connectivity index (χ1n) is 7.07. The van der Waals surface area contributed by atoms with Gasteiger partial charge in [-0.3, -0.25) is 5.10 Å². The van der Waals surface area contributed by atoms with Gasteiger partial charge in [0.05, 0.1) is 11.4 Å². The Morgan fingerprint density at radius 1 is 1.04 bits per heavy atom. The van der Waals surface area contributed by atoms with Crippen LogP contribution in [0.3, 0.4) is 0 Å². The van der Waals surface area contributed by atoms with E-state index >= 15 is 0 Å². The highest BCUT2D eigenvalue weighted by Gasteiger charge is 2.14. The summed E-state index contributed by atoms with van der Waals surface area (Å²) in [6, 6.07) is 14.7. The lowest BCUT2D eigenvalue weighted by Crippen LogP contribution is -2.20. The maximum Gasteiger partial charge on any atom is 0.323 e. The Morgan fingerprint density at radius 3 is 2.43 bits per heavy atom. The minimum Gasteiger partial charge on any atom is -0.308 e. The number of aromatic amines is 1. The molecule has 0 saturated heterocycles. The van der Waals surface area contributed by atoms with E-state index in [-0.39, 0.29) is 5.82 Å². The van der Waals surface area contributed by atoms with Crippen molar-refractivity contribution in [3.63, 3.8) is 0 Å². The summed E-state index contributed by atoms with van der Waals surface area (Å²) in [5.41, 5.74) is 3.42. The summed E-state index contributed by atoms with van der Waals surface area (Å²) < 4.78 is 12.9. The topological polar surface area (TPSA) is 69.8 Å². The Bertz CT molecular complexity index is 812. The number of benzene rings is 2. The molecule has 0 spiro atoms. The fraction of sp³-hybridized carbons (Fsp3) is 0.0588. The second-order valence-corrected chi connectivity index (χ2v) is 5.02. The number of rotatable bonds is 3. The Balaban J connectivity index is 1.79. The monoisotopic (exact) mass is 310 g/mol. The van der Waals surface area contributed by atoms with Crippen LogP contribution in [0.5, 0.6) is 0 Å². The molecular formula is C17H15FN4O. The van der Waals surface area contributed by atoms with E-state index in [0.29, 0.717) is 17.1 Å². The molecular weight excluding hydrogens is 295 g/mol. The molecule has 116 valence electrons. The van der Waals surface area contributed by atoms with Gasteiger partial charge in [0, 0.05) is 11.3 Å². The zero-order valence-corrected chi connectivity index (χ0v) is 12.4. The van der Waals surface area contributed by atoms with Crippen molar-refractivity contribution in [2.45, 2.75) is 6.92 Å². The fourth-order valence-electron chi connectivity index (χ4n) is 2.20. The molecule has 0 fully saturated rings. The van der Waals surface area contributed by atoms with E-state index in [0.717, 1.165) is 11.3 Å². The third kappa shape index (κ3) is 3.37. The Hall–Kier alpha value is -3.15. The number of aryl methyl sites for hydroxylation is 1. The Morgan fingerprint density at radius 2 is 1.74 bits per heavy atom. The SMILES string of the molecule is Cc1[nH]nc(-c2ccccc2)c1NC(=O)Nc1ccc(F)cc1. The highest BCUT2D eigenvalue weighted by atomic mass is 19.1. The largest absolute Gasteiger partial charge is 0.323 e. The average Bonchev–Trinajstić information content (AvgIpc) is 2.91. The zero-order chi connectivity index (χ0) is 16.2. The average molecular weight is 310 g/mol. The van der Waals surface area contributed by atoms with E-state index in [2.05, 4.69) is 20.8 Å². The quantitative estimate of drug-likeness (QED) is 0.679. The number of hydrogen-bond donors (Lipinski definition) is 3. The molecule has 23 heavy (non-hydrogen) atoms. The van der Waals surface area contributed by atoms with Gasteiger partial charge in [-0.05, 0) is 31.2 Å². The summed E-state index contributed by atoms with van der Waals surface area (Å²) in [5.74, 6) is -0.354. The highest BCUT2D eigenvalue weighted by molar-refractivity contribution is 6.02. The number of amides is 2. The summed E-state index contributed by atoms with van der Waals surface area (Å²) in [4.78, 5) is 12.1. The first kappa shape index (κ1) is 14.8. The number of nitrogens with zero attached hydrogens (tertiary/aromatic N) is 1. The van der Waals surface area contributed by atoms with E-state index in [9.17, 15) is 9.18 Å². The number of H-pyrrole nitrogens is 1. The number of hydrogen-bond acceptors (Lipinski definition) is 2. The van der Waals surface area contributed by atoms with Gasteiger partial charge in [0.15, 0.2) is 0 Å². The molecule has 3 aromatic rings. The number of carbonyl (C=O) groups is 1. The third-order valence-electron chi connectivity index (χ3n) is 3.34. The van der Waals surface area contributed by atoms with Crippen molar-refractivity contribution < 1.29 is 9.18 Å². The molecule has 0 aliphatic heterocycles. The van der Waals surface area contributed by atoms with Crippen LogP contribution in [0.25, 0.3) is 11.3 Å². The lowest BCUT2D eigenvalue weighted by atomic mass is 10.1.